The molecule has 2 rings (SSSR count). The summed E-state index contributed by atoms with van der Waals surface area (Å²) in [5.74, 6) is 0.0617. The number of piperidine rings is 1. The van der Waals surface area contributed by atoms with Crippen molar-refractivity contribution in [3.63, 3.8) is 0 Å². The maximum atomic E-state index is 12.3. The summed E-state index contributed by atoms with van der Waals surface area (Å²) < 4.78 is 0. The largest absolute Gasteiger partial charge is 0.338 e. The molecule has 3 nitrogen and oxygen atoms in total. The van der Waals surface area contributed by atoms with E-state index >= 15 is 0 Å². The predicted octanol–water partition coefficient (Wildman–Crippen LogP) is 2.96. The molecule has 1 saturated heterocycles. The molecular formula is C14H20Cl2N2O. The number of carbonyl (C=O) groups is 1. The summed E-state index contributed by atoms with van der Waals surface area (Å²) in [5, 5.41) is 0.646. The molecule has 1 aromatic carbocycles. The molecule has 1 aliphatic heterocycles. The van der Waals surface area contributed by atoms with Crippen LogP contribution in [0.25, 0.3) is 0 Å². The van der Waals surface area contributed by atoms with Gasteiger partial charge in [-0.25, -0.2) is 0 Å². The molecule has 0 aliphatic carbocycles. The second-order valence-corrected chi connectivity index (χ2v) is 6.05. The van der Waals surface area contributed by atoms with E-state index in [-0.39, 0.29) is 29.8 Å². The lowest BCUT2D eigenvalue weighted by atomic mass is 9.79. The number of hydrogen-bond donors (Lipinski definition) is 1. The van der Waals surface area contributed by atoms with Gasteiger partial charge >= 0.3 is 0 Å². The van der Waals surface area contributed by atoms with Gasteiger partial charge in [0, 0.05) is 29.7 Å². The fourth-order valence-corrected chi connectivity index (χ4v) is 2.45. The lowest BCUT2D eigenvalue weighted by molar-refractivity contribution is 0.0533. The van der Waals surface area contributed by atoms with Crippen molar-refractivity contribution in [1.82, 2.24) is 4.90 Å². The highest BCUT2D eigenvalue weighted by molar-refractivity contribution is 6.30. The Hall–Kier alpha value is -0.770. The van der Waals surface area contributed by atoms with Gasteiger partial charge in [0.05, 0.1) is 0 Å². The smallest absolute Gasteiger partial charge is 0.253 e. The summed E-state index contributed by atoms with van der Waals surface area (Å²) in [5.41, 5.74) is 6.74. The minimum absolute atomic E-state index is 0. The lowest BCUT2D eigenvalue weighted by Crippen LogP contribution is -2.53. The van der Waals surface area contributed by atoms with Crippen LogP contribution in [0.5, 0.6) is 0 Å². The number of amides is 1. The molecule has 0 radical (unpaired) electrons. The second-order valence-electron chi connectivity index (χ2n) is 5.62. The monoisotopic (exact) mass is 302 g/mol. The molecule has 1 unspecified atom stereocenters. The summed E-state index contributed by atoms with van der Waals surface area (Å²) in [7, 11) is 0. The first kappa shape index (κ1) is 16.3. The van der Waals surface area contributed by atoms with Crippen molar-refractivity contribution < 1.29 is 4.79 Å². The number of nitrogens with zero attached hydrogens (tertiary/aromatic N) is 1. The van der Waals surface area contributed by atoms with Crippen molar-refractivity contribution in [3.8, 4) is 0 Å². The van der Waals surface area contributed by atoms with Crippen molar-refractivity contribution in [2.75, 3.05) is 13.1 Å². The maximum Gasteiger partial charge on any atom is 0.253 e. The fourth-order valence-electron chi connectivity index (χ4n) is 2.32. The Morgan fingerprint density at radius 1 is 1.37 bits per heavy atom. The minimum Gasteiger partial charge on any atom is -0.338 e. The van der Waals surface area contributed by atoms with Crippen LogP contribution in [0.4, 0.5) is 0 Å². The van der Waals surface area contributed by atoms with Gasteiger partial charge in [0.2, 0.25) is 0 Å². The first-order chi connectivity index (χ1) is 8.40. The highest BCUT2D eigenvalue weighted by atomic mass is 35.5. The van der Waals surface area contributed by atoms with Crippen LogP contribution in [-0.2, 0) is 0 Å². The quantitative estimate of drug-likeness (QED) is 0.867. The first-order valence-electron chi connectivity index (χ1n) is 6.20. The van der Waals surface area contributed by atoms with E-state index in [1.54, 1.807) is 24.3 Å². The van der Waals surface area contributed by atoms with E-state index in [2.05, 4.69) is 13.8 Å². The molecule has 0 spiro atoms. The van der Waals surface area contributed by atoms with Crippen LogP contribution in [0.15, 0.2) is 24.3 Å². The van der Waals surface area contributed by atoms with Gasteiger partial charge in [-0.15, -0.1) is 12.4 Å². The summed E-state index contributed by atoms with van der Waals surface area (Å²) in [6.07, 6.45) is 0.854. The van der Waals surface area contributed by atoms with Crippen molar-refractivity contribution >= 4 is 29.9 Å². The molecule has 1 amide bonds. The van der Waals surface area contributed by atoms with Crippen LogP contribution in [0.3, 0.4) is 0 Å². The molecule has 1 aliphatic rings. The Kier molecular flexibility index (Phi) is 5.25. The van der Waals surface area contributed by atoms with Gasteiger partial charge in [-0.3, -0.25) is 4.79 Å². The van der Waals surface area contributed by atoms with E-state index in [1.165, 1.54) is 0 Å². The number of hydrogen-bond acceptors (Lipinski definition) is 2. The number of nitrogens with two attached hydrogens (primary N) is 1. The third-order valence-corrected chi connectivity index (χ3v) is 3.94. The molecular weight excluding hydrogens is 283 g/mol. The third-order valence-electron chi connectivity index (χ3n) is 3.69. The zero-order valence-corrected chi connectivity index (χ0v) is 12.8. The second kappa shape index (κ2) is 6.12. The van der Waals surface area contributed by atoms with Crippen molar-refractivity contribution in [2.24, 2.45) is 11.1 Å². The van der Waals surface area contributed by atoms with Gasteiger partial charge in [-0.1, -0.05) is 25.4 Å². The van der Waals surface area contributed by atoms with E-state index in [1.807, 2.05) is 4.90 Å². The Bertz CT molecular complexity index is 445. The molecule has 1 heterocycles. The molecule has 106 valence electrons. The molecule has 19 heavy (non-hydrogen) atoms. The van der Waals surface area contributed by atoms with Crippen LogP contribution >= 0.6 is 24.0 Å². The molecule has 0 saturated carbocycles. The Morgan fingerprint density at radius 3 is 2.47 bits per heavy atom. The number of halogens is 2. The molecule has 0 bridgehead atoms. The lowest BCUT2D eigenvalue weighted by Gasteiger charge is -2.42. The van der Waals surface area contributed by atoms with Crippen LogP contribution in [0.2, 0.25) is 5.02 Å². The van der Waals surface area contributed by atoms with Gasteiger partial charge in [0.1, 0.15) is 0 Å². The van der Waals surface area contributed by atoms with Crippen molar-refractivity contribution in [1.29, 1.82) is 0 Å². The van der Waals surface area contributed by atoms with Gasteiger partial charge in [-0.2, -0.15) is 0 Å². The summed E-state index contributed by atoms with van der Waals surface area (Å²) in [6.45, 7) is 5.65. The molecule has 0 aromatic heterocycles. The van der Waals surface area contributed by atoms with E-state index in [0.717, 1.165) is 13.0 Å². The molecule has 5 heteroatoms. The summed E-state index contributed by atoms with van der Waals surface area (Å²) in [6, 6.07) is 7.19. The molecule has 1 atom stereocenters. The topological polar surface area (TPSA) is 46.3 Å². The molecule has 1 fully saturated rings. The first-order valence-corrected chi connectivity index (χ1v) is 6.58. The average Bonchev–Trinajstić information content (AvgIpc) is 2.33. The van der Waals surface area contributed by atoms with E-state index in [4.69, 9.17) is 17.3 Å². The van der Waals surface area contributed by atoms with Crippen LogP contribution < -0.4 is 5.73 Å². The summed E-state index contributed by atoms with van der Waals surface area (Å²) >= 11 is 5.83. The van der Waals surface area contributed by atoms with Gasteiger partial charge < -0.3 is 10.6 Å². The zero-order valence-electron chi connectivity index (χ0n) is 11.2. The number of carbonyl (C=O) groups excluding carboxylic acids is 1. The summed E-state index contributed by atoms with van der Waals surface area (Å²) in [4.78, 5) is 14.2. The van der Waals surface area contributed by atoms with Gasteiger partial charge in [0.15, 0.2) is 0 Å². The highest BCUT2D eigenvalue weighted by Gasteiger charge is 2.35. The van der Waals surface area contributed by atoms with Crippen molar-refractivity contribution in [2.45, 2.75) is 26.3 Å². The SMILES string of the molecule is CC1(C)CN(C(=O)c2ccc(Cl)cc2)CCC1N.Cl. The van der Waals surface area contributed by atoms with E-state index in [0.29, 0.717) is 17.1 Å². The Labute approximate surface area is 125 Å². The standard InChI is InChI=1S/C14H19ClN2O.ClH/c1-14(2)9-17(8-7-12(14)16)13(18)10-3-5-11(15)6-4-10;/h3-6,12H,7-9,16H2,1-2H3;1H. The number of likely N-dealkylation sites (tertiary alicyclic amines) is 1. The van der Waals surface area contributed by atoms with Crippen LogP contribution in [-0.4, -0.2) is 29.9 Å². The third kappa shape index (κ3) is 3.62. The highest BCUT2D eigenvalue weighted by Crippen LogP contribution is 2.28. The molecule has 2 N–H and O–H groups in total. The Balaban J connectivity index is 0.00000180. The number of rotatable bonds is 1. The van der Waals surface area contributed by atoms with Gasteiger partial charge in [-0.05, 0) is 36.1 Å². The van der Waals surface area contributed by atoms with E-state index < -0.39 is 0 Å². The average molecular weight is 303 g/mol. The Morgan fingerprint density at radius 2 is 1.95 bits per heavy atom. The van der Waals surface area contributed by atoms with E-state index in [9.17, 15) is 4.79 Å². The number of benzene rings is 1. The van der Waals surface area contributed by atoms with Crippen LogP contribution in [0.1, 0.15) is 30.6 Å². The normalized spacial score (nSPS) is 21.7. The minimum atomic E-state index is -0.0274. The maximum absolute atomic E-state index is 12.3. The van der Waals surface area contributed by atoms with Gasteiger partial charge in [0.25, 0.3) is 5.91 Å². The molecule has 1 aromatic rings. The van der Waals surface area contributed by atoms with Crippen molar-refractivity contribution in [3.05, 3.63) is 34.9 Å². The zero-order chi connectivity index (χ0) is 13.3. The van der Waals surface area contributed by atoms with Crippen LogP contribution in [0, 0.1) is 5.41 Å². The fraction of sp³-hybridized carbons (Fsp3) is 0.500. The predicted molar refractivity (Wildman–Crippen MR) is 81.0 cm³/mol.